The predicted molar refractivity (Wildman–Crippen MR) is 121 cm³/mol. The number of para-hydroxylation sites is 1. The second-order valence-corrected chi connectivity index (χ2v) is 8.05. The van der Waals surface area contributed by atoms with Crippen LogP contribution in [0.3, 0.4) is 0 Å². The highest BCUT2D eigenvalue weighted by atomic mass is 35.5. The highest BCUT2D eigenvalue weighted by molar-refractivity contribution is 7.15. The molecule has 0 spiro atoms. The summed E-state index contributed by atoms with van der Waals surface area (Å²) in [6.45, 7) is -0.111. The summed E-state index contributed by atoms with van der Waals surface area (Å²) in [5.74, 6) is -0.528. The first-order valence-corrected chi connectivity index (χ1v) is 10.6. The number of aromatic nitrogens is 3. The summed E-state index contributed by atoms with van der Waals surface area (Å²) in [6.07, 6.45) is 1.66. The van der Waals surface area contributed by atoms with Crippen molar-refractivity contribution in [3.05, 3.63) is 98.9 Å². The van der Waals surface area contributed by atoms with Crippen LogP contribution < -0.4 is 5.56 Å². The second kappa shape index (κ2) is 7.94. The van der Waals surface area contributed by atoms with Gasteiger partial charge in [-0.15, -0.1) is 11.3 Å². The molecule has 3 aromatic heterocycles. The molecule has 0 aliphatic carbocycles. The molecule has 0 amide bonds. The monoisotopic (exact) mass is 447 g/mol. The number of nitrogens with zero attached hydrogens (tertiary/aromatic N) is 3. The number of ether oxygens (including phenoxy) is 1. The molecule has 2 aromatic carbocycles. The van der Waals surface area contributed by atoms with E-state index >= 15 is 0 Å². The van der Waals surface area contributed by atoms with Gasteiger partial charge in [-0.2, -0.15) is 0 Å². The summed E-state index contributed by atoms with van der Waals surface area (Å²) < 4.78 is 6.96. The number of fused-ring (bicyclic) bond motifs is 2. The summed E-state index contributed by atoms with van der Waals surface area (Å²) >= 11 is 7.68. The van der Waals surface area contributed by atoms with Crippen molar-refractivity contribution in [1.29, 1.82) is 0 Å². The van der Waals surface area contributed by atoms with E-state index in [1.165, 1.54) is 21.8 Å². The van der Waals surface area contributed by atoms with Gasteiger partial charge in [0.1, 0.15) is 6.61 Å². The number of hydrogen-bond donors (Lipinski definition) is 0. The first-order valence-electron chi connectivity index (χ1n) is 9.38. The van der Waals surface area contributed by atoms with Crippen LogP contribution in [-0.4, -0.2) is 20.3 Å². The summed E-state index contributed by atoms with van der Waals surface area (Å²) in [7, 11) is 0. The van der Waals surface area contributed by atoms with Gasteiger partial charge in [-0.3, -0.25) is 9.20 Å². The van der Waals surface area contributed by atoms with Gasteiger partial charge >= 0.3 is 5.97 Å². The van der Waals surface area contributed by atoms with Crippen LogP contribution in [0.1, 0.15) is 16.1 Å². The Labute approximate surface area is 185 Å². The SMILES string of the molecule is O=C(OCc1cc(=O)n2ccsc2n1)c1cc(-c2ccccc2Cl)nc2ccccc12. The molecule has 152 valence electrons. The topological polar surface area (TPSA) is 73.6 Å². The van der Waals surface area contributed by atoms with Gasteiger partial charge in [-0.1, -0.05) is 48.0 Å². The van der Waals surface area contributed by atoms with Gasteiger partial charge in [0.15, 0.2) is 4.96 Å². The Morgan fingerprint density at radius 1 is 1.06 bits per heavy atom. The number of rotatable bonds is 4. The number of halogens is 1. The van der Waals surface area contributed by atoms with Gasteiger partial charge in [0.25, 0.3) is 5.56 Å². The average Bonchev–Trinajstić information content (AvgIpc) is 3.26. The van der Waals surface area contributed by atoms with E-state index in [1.807, 2.05) is 42.5 Å². The third-order valence-corrected chi connectivity index (χ3v) is 5.88. The molecule has 0 fully saturated rings. The van der Waals surface area contributed by atoms with Crippen molar-refractivity contribution < 1.29 is 9.53 Å². The number of thiazole rings is 1. The van der Waals surface area contributed by atoms with E-state index in [-0.39, 0.29) is 12.2 Å². The van der Waals surface area contributed by atoms with E-state index in [0.717, 1.165) is 5.56 Å². The van der Waals surface area contributed by atoms with Crippen LogP contribution >= 0.6 is 22.9 Å². The van der Waals surface area contributed by atoms with Crippen LogP contribution in [0.5, 0.6) is 0 Å². The van der Waals surface area contributed by atoms with Crippen molar-refractivity contribution in [2.75, 3.05) is 0 Å². The van der Waals surface area contributed by atoms with Crippen molar-refractivity contribution >= 4 is 44.8 Å². The summed E-state index contributed by atoms with van der Waals surface area (Å²) in [4.78, 5) is 34.7. The van der Waals surface area contributed by atoms with E-state index in [1.54, 1.807) is 23.7 Å². The zero-order valence-corrected chi connectivity index (χ0v) is 17.6. The minimum atomic E-state index is -0.528. The van der Waals surface area contributed by atoms with Crippen LogP contribution in [0.15, 0.2) is 77.0 Å². The first-order chi connectivity index (χ1) is 15.1. The van der Waals surface area contributed by atoms with Crippen molar-refractivity contribution in [2.45, 2.75) is 6.61 Å². The number of esters is 1. The molecular weight excluding hydrogens is 434 g/mol. The van der Waals surface area contributed by atoms with Gasteiger partial charge in [0.05, 0.1) is 22.5 Å². The molecular formula is C23H14ClN3O3S. The van der Waals surface area contributed by atoms with Crippen LogP contribution in [0.4, 0.5) is 0 Å². The Morgan fingerprint density at radius 2 is 1.87 bits per heavy atom. The third-order valence-electron chi connectivity index (χ3n) is 4.79. The van der Waals surface area contributed by atoms with Gasteiger partial charge in [0, 0.05) is 33.6 Å². The summed E-state index contributed by atoms with van der Waals surface area (Å²) in [6, 6.07) is 17.7. The van der Waals surface area contributed by atoms with Gasteiger partial charge < -0.3 is 4.74 Å². The molecule has 0 unspecified atom stereocenters. The lowest BCUT2D eigenvalue weighted by Crippen LogP contribution is -2.15. The Hall–Kier alpha value is -3.55. The molecule has 31 heavy (non-hydrogen) atoms. The normalized spacial score (nSPS) is 11.1. The fourth-order valence-corrected chi connectivity index (χ4v) is 4.30. The van der Waals surface area contributed by atoms with Crippen molar-refractivity contribution in [3.8, 4) is 11.3 Å². The summed E-state index contributed by atoms with van der Waals surface area (Å²) in [5.41, 5.74) is 2.50. The van der Waals surface area contributed by atoms with Crippen LogP contribution in [0.25, 0.3) is 27.1 Å². The van der Waals surface area contributed by atoms with Gasteiger partial charge in [-0.05, 0) is 18.2 Å². The van der Waals surface area contributed by atoms with Crippen LogP contribution in [-0.2, 0) is 11.3 Å². The molecule has 0 saturated carbocycles. The number of pyridine rings is 1. The van der Waals surface area contributed by atoms with E-state index in [9.17, 15) is 9.59 Å². The maximum atomic E-state index is 13.0. The number of hydrogen-bond acceptors (Lipinski definition) is 6. The fourth-order valence-electron chi connectivity index (χ4n) is 3.33. The van der Waals surface area contributed by atoms with Gasteiger partial charge in [-0.25, -0.2) is 14.8 Å². The van der Waals surface area contributed by atoms with Crippen LogP contribution in [0, 0.1) is 0 Å². The Bertz CT molecular complexity index is 1510. The van der Waals surface area contributed by atoms with Crippen molar-refractivity contribution in [3.63, 3.8) is 0 Å². The summed E-state index contributed by atoms with van der Waals surface area (Å²) in [5, 5.41) is 2.99. The van der Waals surface area contributed by atoms with Crippen molar-refractivity contribution in [2.24, 2.45) is 0 Å². The van der Waals surface area contributed by atoms with Crippen LogP contribution in [0.2, 0.25) is 5.02 Å². The Kier molecular flexibility index (Phi) is 4.97. The fraction of sp³-hybridized carbons (Fsp3) is 0.0435. The third kappa shape index (κ3) is 3.69. The molecule has 5 rings (SSSR count). The molecule has 0 radical (unpaired) electrons. The lowest BCUT2D eigenvalue weighted by atomic mass is 10.0. The number of carbonyl (C=O) groups excluding carboxylic acids is 1. The van der Waals surface area contributed by atoms with E-state index in [2.05, 4.69) is 9.97 Å². The molecule has 0 aliphatic heterocycles. The van der Waals surface area contributed by atoms with E-state index in [4.69, 9.17) is 16.3 Å². The lowest BCUT2D eigenvalue weighted by Gasteiger charge is -2.11. The minimum absolute atomic E-state index is 0.111. The predicted octanol–water partition coefficient (Wildman–Crippen LogP) is 4.98. The number of carbonyl (C=O) groups is 1. The molecule has 0 saturated heterocycles. The van der Waals surface area contributed by atoms with E-state index in [0.29, 0.717) is 37.8 Å². The lowest BCUT2D eigenvalue weighted by molar-refractivity contribution is 0.0470. The Balaban J connectivity index is 1.51. The standard InChI is InChI=1S/C23H14ClN3O3S/c24-18-7-3-1-6-16(18)20-12-17(15-5-2-4-8-19(15)26-20)22(29)30-13-14-11-21(28)27-9-10-31-23(27)25-14/h1-12H,13H2. The van der Waals surface area contributed by atoms with Crippen molar-refractivity contribution in [1.82, 2.24) is 14.4 Å². The van der Waals surface area contributed by atoms with Gasteiger partial charge in [0.2, 0.25) is 0 Å². The zero-order chi connectivity index (χ0) is 21.4. The minimum Gasteiger partial charge on any atom is -0.456 e. The quantitative estimate of drug-likeness (QED) is 0.363. The number of benzene rings is 2. The molecule has 0 bridgehead atoms. The highest BCUT2D eigenvalue weighted by Gasteiger charge is 2.17. The molecule has 0 N–H and O–H groups in total. The zero-order valence-electron chi connectivity index (χ0n) is 16.0. The largest absolute Gasteiger partial charge is 0.456 e. The molecule has 8 heteroatoms. The highest BCUT2D eigenvalue weighted by Crippen LogP contribution is 2.30. The smallest absolute Gasteiger partial charge is 0.339 e. The Morgan fingerprint density at radius 3 is 2.74 bits per heavy atom. The second-order valence-electron chi connectivity index (χ2n) is 6.77. The molecule has 5 aromatic rings. The molecule has 0 aliphatic rings. The molecule has 6 nitrogen and oxygen atoms in total. The molecule has 0 atom stereocenters. The maximum absolute atomic E-state index is 13.0. The maximum Gasteiger partial charge on any atom is 0.339 e. The average molecular weight is 448 g/mol. The van der Waals surface area contributed by atoms with E-state index < -0.39 is 5.97 Å². The molecule has 3 heterocycles. The first kappa shape index (κ1) is 19.4.